The van der Waals surface area contributed by atoms with Crippen LogP contribution in [0.1, 0.15) is 37.0 Å². The molecule has 2 heteroatoms. The molecule has 0 heterocycles. The van der Waals surface area contributed by atoms with Gasteiger partial charge in [-0.3, -0.25) is 0 Å². The standard InChI is InChI=1S/C15H24N2/c1-11(2)17-10-12-4-5-14-9-15(16-3)7-6-13(14)8-12/h4-5,8,11,15-17H,6-7,9-10H2,1-3H3. The van der Waals surface area contributed by atoms with Gasteiger partial charge in [-0.25, -0.2) is 0 Å². The van der Waals surface area contributed by atoms with E-state index in [2.05, 4.69) is 49.7 Å². The Hall–Kier alpha value is -0.860. The molecule has 1 aromatic carbocycles. The number of fused-ring (bicyclic) bond motifs is 1. The molecule has 0 aromatic heterocycles. The van der Waals surface area contributed by atoms with Crippen molar-refractivity contribution in [1.29, 1.82) is 0 Å². The summed E-state index contributed by atoms with van der Waals surface area (Å²) in [5.74, 6) is 0. The van der Waals surface area contributed by atoms with Crippen molar-refractivity contribution in [3.05, 3.63) is 34.9 Å². The number of nitrogens with one attached hydrogen (secondary N) is 2. The molecule has 1 aromatic rings. The van der Waals surface area contributed by atoms with Gasteiger partial charge in [0.05, 0.1) is 0 Å². The van der Waals surface area contributed by atoms with E-state index in [0.717, 1.165) is 6.54 Å². The fourth-order valence-corrected chi connectivity index (χ4v) is 2.49. The van der Waals surface area contributed by atoms with Crippen LogP contribution in [-0.2, 0) is 19.4 Å². The first-order chi connectivity index (χ1) is 8.19. The van der Waals surface area contributed by atoms with Crippen LogP contribution in [0.3, 0.4) is 0 Å². The van der Waals surface area contributed by atoms with E-state index < -0.39 is 0 Å². The van der Waals surface area contributed by atoms with Crippen LogP contribution in [0.5, 0.6) is 0 Å². The third-order valence-electron chi connectivity index (χ3n) is 3.62. The molecule has 0 amide bonds. The molecule has 1 unspecified atom stereocenters. The van der Waals surface area contributed by atoms with Gasteiger partial charge in [0.2, 0.25) is 0 Å². The molecular formula is C15H24N2. The average Bonchev–Trinajstić information content (AvgIpc) is 2.35. The highest BCUT2D eigenvalue weighted by Gasteiger charge is 2.16. The Morgan fingerprint density at radius 2 is 2.12 bits per heavy atom. The minimum Gasteiger partial charge on any atom is -0.317 e. The zero-order valence-corrected chi connectivity index (χ0v) is 11.2. The van der Waals surface area contributed by atoms with E-state index >= 15 is 0 Å². The third kappa shape index (κ3) is 3.30. The van der Waals surface area contributed by atoms with Gasteiger partial charge in [0.15, 0.2) is 0 Å². The third-order valence-corrected chi connectivity index (χ3v) is 3.62. The van der Waals surface area contributed by atoms with Crippen LogP contribution < -0.4 is 10.6 Å². The topological polar surface area (TPSA) is 24.1 Å². The van der Waals surface area contributed by atoms with E-state index in [1.54, 1.807) is 5.56 Å². The van der Waals surface area contributed by atoms with E-state index in [0.29, 0.717) is 12.1 Å². The molecule has 0 saturated carbocycles. The van der Waals surface area contributed by atoms with Crippen molar-refractivity contribution in [1.82, 2.24) is 10.6 Å². The minimum atomic E-state index is 0.555. The Labute approximate surface area is 105 Å². The van der Waals surface area contributed by atoms with Gasteiger partial charge >= 0.3 is 0 Å². The molecular weight excluding hydrogens is 208 g/mol. The van der Waals surface area contributed by atoms with Crippen molar-refractivity contribution in [3.63, 3.8) is 0 Å². The molecule has 1 aliphatic rings. The molecule has 0 spiro atoms. The van der Waals surface area contributed by atoms with Crippen LogP contribution in [-0.4, -0.2) is 19.1 Å². The lowest BCUT2D eigenvalue weighted by molar-refractivity contribution is 0.495. The second kappa shape index (κ2) is 5.65. The molecule has 0 saturated heterocycles. The minimum absolute atomic E-state index is 0.555. The van der Waals surface area contributed by atoms with Gasteiger partial charge < -0.3 is 10.6 Å². The molecule has 0 fully saturated rings. The maximum Gasteiger partial charge on any atom is 0.0207 e. The molecule has 0 bridgehead atoms. The van der Waals surface area contributed by atoms with Gasteiger partial charge in [0, 0.05) is 18.6 Å². The summed E-state index contributed by atoms with van der Waals surface area (Å²) in [6.45, 7) is 5.37. The van der Waals surface area contributed by atoms with Crippen LogP contribution >= 0.6 is 0 Å². The Bertz CT molecular complexity index is 371. The quantitative estimate of drug-likeness (QED) is 0.832. The SMILES string of the molecule is CNC1CCc2cc(CNC(C)C)ccc2C1. The normalized spacial score (nSPS) is 19.4. The predicted molar refractivity (Wildman–Crippen MR) is 73.3 cm³/mol. The predicted octanol–water partition coefficient (Wildman–Crippen LogP) is 2.26. The Kier molecular flexibility index (Phi) is 4.19. The fraction of sp³-hybridized carbons (Fsp3) is 0.600. The van der Waals surface area contributed by atoms with Crippen molar-refractivity contribution < 1.29 is 0 Å². The first-order valence-electron chi connectivity index (χ1n) is 6.70. The summed E-state index contributed by atoms with van der Waals surface area (Å²) in [6, 6.07) is 8.20. The maximum absolute atomic E-state index is 3.48. The molecule has 1 aliphatic carbocycles. The summed E-state index contributed by atoms with van der Waals surface area (Å²) in [7, 11) is 2.07. The molecule has 2 N–H and O–H groups in total. The average molecular weight is 232 g/mol. The van der Waals surface area contributed by atoms with Gasteiger partial charge in [-0.2, -0.15) is 0 Å². The zero-order valence-electron chi connectivity index (χ0n) is 11.2. The second-order valence-corrected chi connectivity index (χ2v) is 5.37. The van der Waals surface area contributed by atoms with Crippen molar-refractivity contribution in [2.75, 3.05) is 7.05 Å². The second-order valence-electron chi connectivity index (χ2n) is 5.37. The molecule has 1 atom stereocenters. The Balaban J connectivity index is 2.05. The van der Waals surface area contributed by atoms with E-state index in [1.165, 1.54) is 30.4 Å². The van der Waals surface area contributed by atoms with Crippen molar-refractivity contribution in [3.8, 4) is 0 Å². The van der Waals surface area contributed by atoms with E-state index in [4.69, 9.17) is 0 Å². The van der Waals surface area contributed by atoms with Gasteiger partial charge in [-0.1, -0.05) is 32.0 Å². The Morgan fingerprint density at radius 3 is 2.82 bits per heavy atom. The number of hydrogen-bond acceptors (Lipinski definition) is 2. The first kappa shape index (κ1) is 12.6. The molecule has 0 aliphatic heterocycles. The lowest BCUT2D eigenvalue weighted by atomic mass is 9.87. The summed E-state index contributed by atoms with van der Waals surface area (Å²) in [5.41, 5.74) is 4.50. The van der Waals surface area contributed by atoms with Gasteiger partial charge in [0.1, 0.15) is 0 Å². The van der Waals surface area contributed by atoms with Crippen LogP contribution in [0.4, 0.5) is 0 Å². The van der Waals surface area contributed by atoms with E-state index in [1.807, 2.05) is 0 Å². The Morgan fingerprint density at radius 1 is 1.29 bits per heavy atom. The monoisotopic (exact) mass is 232 g/mol. The molecule has 2 rings (SSSR count). The summed E-state index contributed by atoms with van der Waals surface area (Å²) in [6.07, 6.45) is 3.67. The summed E-state index contributed by atoms with van der Waals surface area (Å²) in [5, 5.41) is 6.86. The largest absolute Gasteiger partial charge is 0.317 e. The van der Waals surface area contributed by atoms with Crippen molar-refractivity contribution in [2.45, 2.75) is 51.7 Å². The van der Waals surface area contributed by atoms with Crippen LogP contribution in [0, 0.1) is 0 Å². The smallest absolute Gasteiger partial charge is 0.0207 e. The lowest BCUT2D eigenvalue weighted by Crippen LogP contribution is -2.31. The van der Waals surface area contributed by atoms with Crippen molar-refractivity contribution in [2.24, 2.45) is 0 Å². The summed E-state index contributed by atoms with van der Waals surface area (Å²) < 4.78 is 0. The number of hydrogen-bond donors (Lipinski definition) is 2. The fourth-order valence-electron chi connectivity index (χ4n) is 2.49. The summed E-state index contributed by atoms with van der Waals surface area (Å²) in [4.78, 5) is 0. The van der Waals surface area contributed by atoms with Gasteiger partial charge in [-0.15, -0.1) is 0 Å². The van der Waals surface area contributed by atoms with Crippen LogP contribution in [0.15, 0.2) is 18.2 Å². The van der Waals surface area contributed by atoms with Crippen LogP contribution in [0.25, 0.3) is 0 Å². The number of likely N-dealkylation sites (N-methyl/N-ethyl adjacent to an activating group) is 1. The zero-order chi connectivity index (χ0) is 12.3. The number of aryl methyl sites for hydroxylation is 1. The van der Waals surface area contributed by atoms with Crippen LogP contribution in [0.2, 0.25) is 0 Å². The van der Waals surface area contributed by atoms with E-state index in [-0.39, 0.29) is 0 Å². The highest BCUT2D eigenvalue weighted by atomic mass is 14.9. The molecule has 2 nitrogen and oxygen atoms in total. The van der Waals surface area contributed by atoms with E-state index in [9.17, 15) is 0 Å². The molecule has 94 valence electrons. The molecule has 0 radical (unpaired) electrons. The molecule has 17 heavy (non-hydrogen) atoms. The van der Waals surface area contributed by atoms with Crippen molar-refractivity contribution >= 4 is 0 Å². The summed E-state index contributed by atoms with van der Waals surface area (Å²) >= 11 is 0. The highest BCUT2D eigenvalue weighted by molar-refractivity contribution is 5.34. The number of benzene rings is 1. The lowest BCUT2D eigenvalue weighted by Gasteiger charge is -2.24. The first-order valence-corrected chi connectivity index (χ1v) is 6.70. The van der Waals surface area contributed by atoms with Gasteiger partial charge in [0.25, 0.3) is 0 Å². The number of rotatable bonds is 4. The highest BCUT2D eigenvalue weighted by Crippen LogP contribution is 2.22. The van der Waals surface area contributed by atoms with Gasteiger partial charge in [-0.05, 0) is 43.0 Å². The maximum atomic E-state index is 3.48.